The number of hydrogen-bond acceptors (Lipinski definition) is 3. The third kappa shape index (κ3) is 5.72. The van der Waals surface area contributed by atoms with Gasteiger partial charge in [0.1, 0.15) is 0 Å². The normalized spacial score (nSPS) is 27.2. The molecule has 172 valence electrons. The van der Waals surface area contributed by atoms with Gasteiger partial charge in [0.15, 0.2) is 0 Å². The van der Waals surface area contributed by atoms with Crippen LogP contribution in [0.2, 0.25) is 5.02 Å². The largest absolute Gasteiger partial charge is 0.385 e. The van der Waals surface area contributed by atoms with Gasteiger partial charge in [0.25, 0.3) is 0 Å². The smallest absolute Gasteiger partial charge is 0.240 e. The van der Waals surface area contributed by atoms with Gasteiger partial charge < -0.3 is 15.3 Å². The number of likely N-dealkylation sites (tertiary alicyclic amines) is 1. The maximum atomic E-state index is 13.5. The fourth-order valence-corrected chi connectivity index (χ4v) is 5.39. The average molecular weight is 455 g/mol. The van der Waals surface area contributed by atoms with Crippen LogP contribution in [0.1, 0.15) is 56.6 Å². The molecule has 1 aliphatic heterocycles. The van der Waals surface area contributed by atoms with Crippen LogP contribution in [0.4, 0.5) is 0 Å². The number of carbonyl (C=O) groups excluding carboxylic acids is 1. The summed E-state index contributed by atoms with van der Waals surface area (Å²) in [6.45, 7) is 3.92. The Labute approximate surface area is 197 Å². The molecule has 2 atom stereocenters. The lowest BCUT2D eigenvalue weighted by Gasteiger charge is -2.39. The monoisotopic (exact) mass is 454 g/mol. The maximum absolute atomic E-state index is 13.5. The Kier molecular flexibility index (Phi) is 7.55. The van der Waals surface area contributed by atoms with E-state index >= 15 is 0 Å². The van der Waals surface area contributed by atoms with Gasteiger partial charge in [-0.1, -0.05) is 61.0 Å². The van der Waals surface area contributed by atoms with E-state index in [1.165, 1.54) is 6.42 Å². The van der Waals surface area contributed by atoms with Crippen molar-refractivity contribution < 1.29 is 9.90 Å². The number of benzene rings is 2. The predicted molar refractivity (Wildman–Crippen MR) is 130 cm³/mol. The van der Waals surface area contributed by atoms with Crippen LogP contribution in [0.15, 0.2) is 54.6 Å². The van der Waals surface area contributed by atoms with Crippen LogP contribution in [0.5, 0.6) is 0 Å². The number of amides is 1. The summed E-state index contributed by atoms with van der Waals surface area (Å²) in [6.07, 6.45) is 6.04. The number of rotatable bonds is 6. The zero-order chi connectivity index (χ0) is 22.6. The van der Waals surface area contributed by atoms with E-state index in [9.17, 15) is 9.90 Å². The van der Waals surface area contributed by atoms with Crippen LogP contribution in [-0.4, -0.2) is 41.1 Å². The van der Waals surface area contributed by atoms with Gasteiger partial charge in [-0.25, -0.2) is 0 Å². The molecule has 1 heterocycles. The Bertz CT molecular complexity index is 878. The molecule has 1 unspecified atom stereocenters. The second kappa shape index (κ2) is 10.4. The third-order valence-corrected chi connectivity index (χ3v) is 7.43. The summed E-state index contributed by atoms with van der Waals surface area (Å²) in [5.41, 5.74) is 1.34. The minimum atomic E-state index is -0.766. The molecule has 2 fully saturated rings. The maximum Gasteiger partial charge on any atom is 0.240 e. The summed E-state index contributed by atoms with van der Waals surface area (Å²) >= 11 is 6.07. The predicted octanol–water partition coefficient (Wildman–Crippen LogP) is 4.93. The highest BCUT2D eigenvalue weighted by atomic mass is 35.5. The molecule has 1 amide bonds. The van der Waals surface area contributed by atoms with E-state index in [1.807, 2.05) is 59.5 Å². The number of nitrogens with one attached hydrogen (secondary N) is 1. The van der Waals surface area contributed by atoms with Crippen molar-refractivity contribution in [3.8, 4) is 0 Å². The Balaban J connectivity index is 1.44. The SMILES string of the molecule is CC1CCCN(C(=O)[C@@H](Cc2ccc(Cl)cc2)NC2CCC(O)(c3ccccc3)CC2)C1. The molecule has 32 heavy (non-hydrogen) atoms. The molecule has 2 aromatic rings. The second-order valence-corrected chi connectivity index (χ2v) is 10.2. The average Bonchev–Trinajstić information content (AvgIpc) is 2.81. The third-order valence-electron chi connectivity index (χ3n) is 7.18. The van der Waals surface area contributed by atoms with E-state index in [0.29, 0.717) is 30.2 Å². The topological polar surface area (TPSA) is 52.6 Å². The molecule has 0 radical (unpaired) electrons. The van der Waals surface area contributed by atoms with Crippen molar-refractivity contribution in [2.45, 2.75) is 69.6 Å². The minimum Gasteiger partial charge on any atom is -0.385 e. The molecule has 2 N–H and O–H groups in total. The van der Waals surface area contributed by atoms with E-state index in [0.717, 1.165) is 43.5 Å². The van der Waals surface area contributed by atoms with Crippen molar-refractivity contribution in [3.05, 3.63) is 70.7 Å². The van der Waals surface area contributed by atoms with E-state index in [1.54, 1.807) is 0 Å². The number of aliphatic hydroxyl groups is 1. The summed E-state index contributed by atoms with van der Waals surface area (Å²) in [6, 6.07) is 17.7. The van der Waals surface area contributed by atoms with Crippen LogP contribution in [0, 0.1) is 5.92 Å². The van der Waals surface area contributed by atoms with Crippen molar-refractivity contribution in [1.29, 1.82) is 0 Å². The summed E-state index contributed by atoms with van der Waals surface area (Å²) < 4.78 is 0. The van der Waals surface area contributed by atoms with E-state index < -0.39 is 5.60 Å². The first-order valence-corrected chi connectivity index (χ1v) is 12.4. The molecule has 1 saturated heterocycles. The highest BCUT2D eigenvalue weighted by molar-refractivity contribution is 6.30. The molecular formula is C27H35ClN2O2. The van der Waals surface area contributed by atoms with Crippen LogP contribution in [-0.2, 0) is 16.8 Å². The van der Waals surface area contributed by atoms with Gasteiger partial charge in [-0.3, -0.25) is 4.79 Å². The Morgan fingerprint density at radius 3 is 2.47 bits per heavy atom. The van der Waals surface area contributed by atoms with Crippen LogP contribution in [0.25, 0.3) is 0 Å². The van der Waals surface area contributed by atoms with Gasteiger partial charge in [0.2, 0.25) is 5.91 Å². The van der Waals surface area contributed by atoms with Gasteiger partial charge in [-0.05, 0) is 74.1 Å². The summed E-state index contributed by atoms with van der Waals surface area (Å²) in [5, 5.41) is 15.6. The first-order chi connectivity index (χ1) is 15.4. The van der Waals surface area contributed by atoms with Gasteiger partial charge in [0.05, 0.1) is 11.6 Å². The number of halogens is 1. The van der Waals surface area contributed by atoms with Crippen molar-refractivity contribution in [1.82, 2.24) is 10.2 Å². The molecule has 5 heteroatoms. The number of carbonyl (C=O) groups is 1. The standard InChI is InChI=1S/C27H35ClN2O2/c1-20-6-5-17-30(19-20)26(31)25(18-21-9-11-23(28)12-10-21)29-24-13-15-27(32,16-14-24)22-7-3-2-4-8-22/h2-4,7-12,20,24-25,29,32H,5-6,13-19H2,1H3/t20?,24?,25-,27?/m1/s1. The van der Waals surface area contributed by atoms with Gasteiger partial charge in [-0.2, -0.15) is 0 Å². The number of hydrogen-bond donors (Lipinski definition) is 2. The Morgan fingerprint density at radius 2 is 1.81 bits per heavy atom. The fourth-order valence-electron chi connectivity index (χ4n) is 5.27. The van der Waals surface area contributed by atoms with Crippen molar-refractivity contribution in [2.24, 2.45) is 5.92 Å². The highest BCUT2D eigenvalue weighted by Gasteiger charge is 2.36. The molecule has 4 nitrogen and oxygen atoms in total. The van der Waals surface area contributed by atoms with E-state index in [-0.39, 0.29) is 18.0 Å². The van der Waals surface area contributed by atoms with Crippen molar-refractivity contribution >= 4 is 17.5 Å². The first-order valence-electron chi connectivity index (χ1n) is 12.0. The quantitative estimate of drug-likeness (QED) is 0.650. The van der Waals surface area contributed by atoms with Gasteiger partial charge in [-0.15, -0.1) is 0 Å². The summed E-state index contributed by atoms with van der Waals surface area (Å²) in [5.74, 6) is 0.759. The highest BCUT2D eigenvalue weighted by Crippen LogP contribution is 2.37. The van der Waals surface area contributed by atoms with Gasteiger partial charge in [0, 0.05) is 24.2 Å². The zero-order valence-corrected chi connectivity index (χ0v) is 19.7. The van der Waals surface area contributed by atoms with E-state index in [4.69, 9.17) is 11.6 Å². The van der Waals surface area contributed by atoms with Gasteiger partial charge >= 0.3 is 0 Å². The molecule has 1 aliphatic carbocycles. The summed E-state index contributed by atoms with van der Waals surface area (Å²) in [7, 11) is 0. The number of piperidine rings is 1. The van der Waals surface area contributed by atoms with Crippen LogP contribution in [0.3, 0.4) is 0 Å². The molecular weight excluding hydrogens is 420 g/mol. The molecule has 4 rings (SSSR count). The van der Waals surface area contributed by atoms with E-state index in [2.05, 4.69) is 12.2 Å². The Morgan fingerprint density at radius 1 is 1.12 bits per heavy atom. The molecule has 2 aliphatic rings. The fraction of sp³-hybridized carbons (Fsp3) is 0.519. The molecule has 2 aromatic carbocycles. The zero-order valence-electron chi connectivity index (χ0n) is 19.0. The molecule has 0 spiro atoms. The first kappa shape index (κ1) is 23.3. The molecule has 0 aromatic heterocycles. The molecule has 1 saturated carbocycles. The molecule has 0 bridgehead atoms. The Hall–Kier alpha value is -1.88. The van der Waals surface area contributed by atoms with Crippen molar-refractivity contribution in [3.63, 3.8) is 0 Å². The van der Waals surface area contributed by atoms with Crippen LogP contribution >= 0.6 is 11.6 Å². The van der Waals surface area contributed by atoms with Crippen molar-refractivity contribution in [2.75, 3.05) is 13.1 Å². The van der Waals surface area contributed by atoms with Crippen LogP contribution < -0.4 is 5.32 Å². The second-order valence-electron chi connectivity index (χ2n) is 9.75. The minimum absolute atomic E-state index is 0.204. The lowest BCUT2D eigenvalue weighted by atomic mass is 9.77. The lowest BCUT2D eigenvalue weighted by Crippen LogP contribution is -2.54. The summed E-state index contributed by atoms with van der Waals surface area (Å²) in [4.78, 5) is 15.6. The number of nitrogens with zero attached hydrogens (tertiary/aromatic N) is 1. The lowest BCUT2D eigenvalue weighted by molar-refractivity contribution is -0.135.